The molecule has 0 aromatic rings. The minimum atomic E-state index is -3.24. The van der Waals surface area contributed by atoms with Gasteiger partial charge in [0, 0.05) is 26.2 Å². The van der Waals surface area contributed by atoms with Crippen LogP contribution in [0.25, 0.3) is 0 Å². The molecule has 0 aromatic carbocycles. The molecule has 0 aromatic heterocycles. The second-order valence-corrected chi connectivity index (χ2v) is 43.0. The molecular weight excluding hydrogens is 557 g/mol. The van der Waals surface area contributed by atoms with Crippen molar-refractivity contribution in [2.45, 2.75) is 112 Å². The second kappa shape index (κ2) is 10.7. The molecule has 0 saturated carbocycles. The average Bonchev–Trinajstić information content (AvgIpc) is 2.21. The molecule has 0 spiro atoms. The zero-order chi connectivity index (χ0) is 25.7. The minimum Gasteiger partial charge on any atom is -0.417 e. The first kappa shape index (κ1) is 34.4. The molecule has 1 heterocycles. The van der Waals surface area contributed by atoms with Crippen LogP contribution < -0.4 is 0 Å². The summed E-state index contributed by atoms with van der Waals surface area (Å²) in [5, 5.41) is 0. The molecule has 0 radical (unpaired) electrons. The Morgan fingerprint density at radius 1 is 0.364 bits per heavy atom. The van der Waals surface area contributed by atoms with Crippen molar-refractivity contribution in [3.63, 3.8) is 0 Å². The van der Waals surface area contributed by atoms with Gasteiger partial charge >= 0.3 is 35.2 Å². The summed E-state index contributed by atoms with van der Waals surface area (Å²) >= 11 is 0. The van der Waals surface area contributed by atoms with Crippen LogP contribution >= 0.6 is 0 Å². The highest BCUT2D eigenvalue weighted by molar-refractivity contribution is 6.96. The molecule has 33 heavy (non-hydrogen) atoms. The Morgan fingerprint density at radius 2 is 0.485 bits per heavy atom. The minimum absolute atomic E-state index is 0. The van der Waals surface area contributed by atoms with Gasteiger partial charge in [-0.2, -0.15) is 0 Å². The summed E-state index contributed by atoms with van der Waals surface area (Å²) in [7, 11) is -21.1. The van der Waals surface area contributed by atoms with Gasteiger partial charge in [0.05, 0.1) is 0 Å². The molecule has 1 aliphatic heterocycles. The lowest BCUT2D eigenvalue weighted by atomic mass is 11.8. The molecule has 1 aliphatic rings. The van der Waals surface area contributed by atoms with E-state index in [4.69, 9.17) is 32.9 Å². The Hall–Kier alpha value is 1.42. The summed E-state index contributed by atoms with van der Waals surface area (Å²) in [5.41, 5.74) is 0. The van der Waals surface area contributed by atoms with Gasteiger partial charge in [0.25, 0.3) is 0 Å². The first-order valence-electron chi connectivity index (χ1n) is 11.3. The van der Waals surface area contributed by atoms with Gasteiger partial charge in [0.1, 0.15) is 0 Å². The molecule has 0 atom stereocenters. The van der Waals surface area contributed by atoms with Gasteiger partial charge in [0.15, 0.2) is 33.3 Å². The van der Waals surface area contributed by atoms with Crippen molar-refractivity contribution in [1.82, 2.24) is 0 Å². The van der Waals surface area contributed by atoms with Crippen LogP contribution in [0, 0.1) is 0 Å². The maximum atomic E-state index is 6.76. The van der Waals surface area contributed by atoms with Crippen LogP contribution in [-0.4, -0.2) is 68.5 Å². The van der Waals surface area contributed by atoms with Crippen molar-refractivity contribution in [3.8, 4) is 0 Å². The van der Waals surface area contributed by atoms with E-state index in [1.807, 2.05) is 26.2 Å². The summed E-state index contributed by atoms with van der Waals surface area (Å²) in [6.45, 7) is 33.2. The van der Waals surface area contributed by atoms with Crippen molar-refractivity contribution in [1.29, 1.82) is 0 Å². The normalized spacial score (nSPS) is 34.9. The number of rotatable bonds is 8. The standard InChI is InChI=1S/C16H48O8Si8.CH4/c1-25(2,3)17-29(13)21-30(14,18-26(4,5)6)23-32(16,20-28(10,11)12)24-31(15,22-29)19-27(7,8)9;/h1-16H3;1H4. The van der Waals surface area contributed by atoms with E-state index in [1.165, 1.54) is 0 Å². The van der Waals surface area contributed by atoms with E-state index < -0.39 is 68.5 Å². The van der Waals surface area contributed by atoms with Crippen molar-refractivity contribution < 1.29 is 32.9 Å². The highest BCUT2D eigenvalue weighted by Crippen LogP contribution is 2.37. The smallest absolute Gasteiger partial charge is 0.417 e. The summed E-state index contributed by atoms with van der Waals surface area (Å²) in [6, 6.07) is 0. The molecule has 200 valence electrons. The van der Waals surface area contributed by atoms with E-state index in [0.717, 1.165) is 0 Å². The molecule has 0 N–H and O–H groups in total. The van der Waals surface area contributed by atoms with Crippen LogP contribution in [0.1, 0.15) is 7.43 Å². The highest BCUT2D eigenvalue weighted by atomic mass is 28.6. The molecule has 1 rings (SSSR count). The van der Waals surface area contributed by atoms with Gasteiger partial charge in [-0.25, -0.2) is 0 Å². The molecule has 0 aliphatic carbocycles. The summed E-state index contributed by atoms with van der Waals surface area (Å²) in [4.78, 5) is 0. The van der Waals surface area contributed by atoms with Crippen molar-refractivity contribution >= 4 is 68.5 Å². The van der Waals surface area contributed by atoms with E-state index >= 15 is 0 Å². The molecule has 0 amide bonds. The fourth-order valence-electron chi connectivity index (χ4n) is 3.82. The van der Waals surface area contributed by atoms with Crippen molar-refractivity contribution in [2.75, 3.05) is 0 Å². The summed E-state index contributed by atoms with van der Waals surface area (Å²) < 4.78 is 53.4. The first-order valence-corrected chi connectivity index (χ1v) is 33.8. The zero-order valence-corrected chi connectivity index (χ0v) is 31.3. The van der Waals surface area contributed by atoms with E-state index in [2.05, 4.69) is 78.6 Å². The van der Waals surface area contributed by atoms with Crippen LogP contribution in [0.15, 0.2) is 0 Å². The summed E-state index contributed by atoms with van der Waals surface area (Å²) in [6.07, 6.45) is 0. The monoisotopic (exact) mass is 608 g/mol. The first-order chi connectivity index (χ1) is 13.7. The SMILES string of the molecule is C.C[Si](C)(C)O[Si]1(C)O[Si](C)(O[Si](C)(C)C)O[Si](C)(O[Si](C)(C)C)O[Si](C)(O[Si](C)(C)C)O1. The van der Waals surface area contributed by atoms with Gasteiger partial charge < -0.3 is 32.9 Å². The van der Waals surface area contributed by atoms with Gasteiger partial charge in [-0.05, 0) is 78.6 Å². The Kier molecular flexibility index (Phi) is 11.1. The number of hydrogen-bond donors (Lipinski definition) is 0. The predicted octanol–water partition coefficient (Wildman–Crippen LogP) is 6.38. The largest absolute Gasteiger partial charge is 0.472 e. The fourth-order valence-corrected chi connectivity index (χ4v) is 38.9. The molecular formula is C17H52O8Si8. The molecule has 0 bridgehead atoms. The van der Waals surface area contributed by atoms with E-state index in [0.29, 0.717) is 0 Å². The van der Waals surface area contributed by atoms with E-state index in [1.54, 1.807) is 0 Å². The van der Waals surface area contributed by atoms with E-state index in [9.17, 15) is 0 Å². The Bertz CT molecular complexity index is 533. The van der Waals surface area contributed by atoms with Gasteiger partial charge in [-0.3, -0.25) is 0 Å². The lowest BCUT2D eigenvalue weighted by molar-refractivity contribution is 0.0902. The van der Waals surface area contributed by atoms with Crippen LogP contribution in [-0.2, 0) is 32.9 Å². The lowest BCUT2D eigenvalue weighted by Gasteiger charge is -2.51. The molecule has 16 heteroatoms. The average molecular weight is 609 g/mol. The molecule has 8 nitrogen and oxygen atoms in total. The Morgan fingerprint density at radius 3 is 0.576 bits per heavy atom. The maximum absolute atomic E-state index is 6.76. The molecule has 0 unspecified atom stereocenters. The second-order valence-electron chi connectivity index (χ2n) is 12.7. The fraction of sp³-hybridized carbons (Fsp3) is 1.00. The number of hydrogen-bond acceptors (Lipinski definition) is 8. The zero-order valence-electron chi connectivity index (χ0n) is 23.3. The van der Waals surface area contributed by atoms with Crippen molar-refractivity contribution in [2.24, 2.45) is 0 Å². The van der Waals surface area contributed by atoms with Crippen LogP contribution in [0.5, 0.6) is 0 Å². The maximum Gasteiger partial charge on any atom is 0.472 e. The topological polar surface area (TPSA) is 73.8 Å². The molecule has 1 saturated heterocycles. The lowest BCUT2D eigenvalue weighted by Crippen LogP contribution is -2.74. The highest BCUT2D eigenvalue weighted by Gasteiger charge is 2.64. The van der Waals surface area contributed by atoms with Crippen molar-refractivity contribution in [3.05, 3.63) is 0 Å². The molecule has 1 fully saturated rings. The Balaban J connectivity index is 0.0000102. The third kappa shape index (κ3) is 13.5. The quantitative estimate of drug-likeness (QED) is 0.294. The van der Waals surface area contributed by atoms with Gasteiger partial charge in [0.2, 0.25) is 0 Å². The van der Waals surface area contributed by atoms with Crippen LogP contribution in [0.4, 0.5) is 0 Å². The van der Waals surface area contributed by atoms with Crippen LogP contribution in [0.3, 0.4) is 0 Å². The van der Waals surface area contributed by atoms with Gasteiger partial charge in [-0.15, -0.1) is 0 Å². The van der Waals surface area contributed by atoms with Crippen LogP contribution in [0.2, 0.25) is 105 Å². The summed E-state index contributed by atoms with van der Waals surface area (Å²) in [5.74, 6) is 0. The van der Waals surface area contributed by atoms with E-state index in [-0.39, 0.29) is 7.43 Å². The predicted molar refractivity (Wildman–Crippen MR) is 155 cm³/mol. The Labute approximate surface area is 213 Å². The third-order valence-electron chi connectivity index (χ3n) is 3.45. The third-order valence-corrected chi connectivity index (χ3v) is 31.0. The van der Waals surface area contributed by atoms with Gasteiger partial charge in [-0.1, -0.05) is 7.43 Å².